The normalized spacial score (nSPS) is 9.94. The molecule has 0 unspecified atom stereocenters. The Labute approximate surface area is 103 Å². The van der Waals surface area contributed by atoms with Crippen LogP contribution in [0.1, 0.15) is 10.4 Å². The highest BCUT2D eigenvalue weighted by molar-refractivity contribution is 6.31. The van der Waals surface area contributed by atoms with E-state index in [9.17, 15) is 4.79 Å². The summed E-state index contributed by atoms with van der Waals surface area (Å²) in [6.07, 6.45) is 3.19. The Morgan fingerprint density at radius 2 is 2.18 bits per heavy atom. The molecule has 0 spiro atoms. The molecule has 0 atom stereocenters. The third-order valence-electron chi connectivity index (χ3n) is 2.10. The fourth-order valence-corrected chi connectivity index (χ4v) is 1.63. The standard InChI is InChI=1S/C12H10ClN3O/c13-9-4-8(5-10(14)6-9)12(17)16-11-2-1-3-15-7-11/h1-7H,14H2,(H,16,17). The summed E-state index contributed by atoms with van der Waals surface area (Å²) in [5, 5.41) is 3.13. The number of pyridine rings is 1. The number of nitrogen functional groups attached to an aromatic ring is 1. The first-order chi connectivity index (χ1) is 8.15. The molecule has 86 valence electrons. The van der Waals surface area contributed by atoms with Crippen LogP contribution in [0.5, 0.6) is 0 Å². The van der Waals surface area contributed by atoms with E-state index in [0.717, 1.165) is 0 Å². The van der Waals surface area contributed by atoms with E-state index in [1.54, 1.807) is 42.7 Å². The largest absolute Gasteiger partial charge is 0.399 e. The molecule has 17 heavy (non-hydrogen) atoms. The molecule has 0 aliphatic rings. The van der Waals surface area contributed by atoms with Crippen LogP contribution in [0.25, 0.3) is 0 Å². The van der Waals surface area contributed by atoms with E-state index in [1.807, 2.05) is 0 Å². The fraction of sp³-hybridized carbons (Fsp3) is 0. The minimum Gasteiger partial charge on any atom is -0.399 e. The molecule has 0 aliphatic heterocycles. The number of nitrogens with zero attached hydrogens (tertiary/aromatic N) is 1. The second-order valence-corrected chi connectivity index (χ2v) is 3.91. The zero-order chi connectivity index (χ0) is 12.3. The molecular formula is C12H10ClN3O. The molecule has 0 bridgehead atoms. The van der Waals surface area contributed by atoms with Crippen molar-refractivity contribution in [2.75, 3.05) is 11.1 Å². The van der Waals surface area contributed by atoms with Crippen LogP contribution in [0.2, 0.25) is 5.02 Å². The third kappa shape index (κ3) is 2.95. The van der Waals surface area contributed by atoms with E-state index in [2.05, 4.69) is 10.3 Å². The number of nitrogens with one attached hydrogen (secondary N) is 1. The van der Waals surface area contributed by atoms with E-state index in [-0.39, 0.29) is 5.91 Å². The number of hydrogen-bond donors (Lipinski definition) is 2. The summed E-state index contributed by atoms with van der Waals surface area (Å²) in [5.41, 5.74) is 7.10. The van der Waals surface area contributed by atoms with Crippen LogP contribution < -0.4 is 11.1 Å². The number of benzene rings is 1. The van der Waals surface area contributed by atoms with E-state index < -0.39 is 0 Å². The van der Waals surface area contributed by atoms with E-state index in [4.69, 9.17) is 17.3 Å². The van der Waals surface area contributed by atoms with Gasteiger partial charge >= 0.3 is 0 Å². The Bertz CT molecular complexity index is 522. The second-order valence-electron chi connectivity index (χ2n) is 3.47. The Morgan fingerprint density at radius 3 is 2.82 bits per heavy atom. The van der Waals surface area contributed by atoms with Gasteiger partial charge in [0.1, 0.15) is 0 Å². The van der Waals surface area contributed by atoms with Crippen LogP contribution >= 0.6 is 11.6 Å². The monoisotopic (exact) mass is 247 g/mol. The van der Waals surface area contributed by atoms with Gasteiger partial charge in [-0.2, -0.15) is 0 Å². The highest BCUT2D eigenvalue weighted by Gasteiger charge is 2.07. The number of rotatable bonds is 2. The number of carbonyl (C=O) groups is 1. The first-order valence-corrected chi connectivity index (χ1v) is 5.30. The van der Waals surface area contributed by atoms with Gasteiger partial charge in [0.2, 0.25) is 0 Å². The van der Waals surface area contributed by atoms with Gasteiger partial charge in [-0.1, -0.05) is 11.6 Å². The lowest BCUT2D eigenvalue weighted by molar-refractivity contribution is 0.102. The van der Waals surface area contributed by atoms with Crippen LogP contribution in [-0.4, -0.2) is 10.9 Å². The number of carbonyl (C=O) groups excluding carboxylic acids is 1. The van der Waals surface area contributed by atoms with Crippen LogP contribution in [0.15, 0.2) is 42.7 Å². The van der Waals surface area contributed by atoms with Crippen molar-refractivity contribution in [1.82, 2.24) is 4.98 Å². The molecule has 0 radical (unpaired) electrons. The van der Waals surface area contributed by atoms with Crippen LogP contribution in [-0.2, 0) is 0 Å². The van der Waals surface area contributed by atoms with Crippen molar-refractivity contribution >= 4 is 28.9 Å². The molecule has 1 aromatic carbocycles. The van der Waals surface area contributed by atoms with Gasteiger partial charge in [0.25, 0.3) is 5.91 Å². The SMILES string of the molecule is Nc1cc(Cl)cc(C(=O)Nc2cccnc2)c1. The molecule has 0 saturated carbocycles. The maximum absolute atomic E-state index is 11.9. The average Bonchev–Trinajstić information content (AvgIpc) is 2.29. The number of nitrogens with two attached hydrogens (primary N) is 1. The van der Waals surface area contributed by atoms with Crippen molar-refractivity contribution < 1.29 is 4.79 Å². The highest BCUT2D eigenvalue weighted by Crippen LogP contribution is 2.17. The van der Waals surface area contributed by atoms with Crippen molar-refractivity contribution in [3.8, 4) is 0 Å². The molecule has 0 aliphatic carbocycles. The predicted octanol–water partition coefficient (Wildman–Crippen LogP) is 2.57. The maximum Gasteiger partial charge on any atom is 0.255 e. The molecule has 0 saturated heterocycles. The number of hydrogen-bond acceptors (Lipinski definition) is 3. The fourth-order valence-electron chi connectivity index (χ4n) is 1.38. The number of anilines is 2. The molecule has 1 heterocycles. The van der Waals surface area contributed by atoms with Gasteiger partial charge in [0.15, 0.2) is 0 Å². The molecule has 2 aromatic rings. The summed E-state index contributed by atoms with van der Waals surface area (Å²) >= 11 is 5.82. The van der Waals surface area contributed by atoms with Crippen LogP contribution in [0.3, 0.4) is 0 Å². The third-order valence-corrected chi connectivity index (χ3v) is 2.32. The molecular weight excluding hydrogens is 238 g/mol. The van der Waals surface area contributed by atoms with Crippen LogP contribution in [0, 0.1) is 0 Å². The highest BCUT2D eigenvalue weighted by atomic mass is 35.5. The molecule has 3 N–H and O–H groups in total. The van der Waals surface area contributed by atoms with Gasteiger partial charge in [-0.05, 0) is 30.3 Å². The minimum atomic E-state index is -0.271. The summed E-state index contributed by atoms with van der Waals surface area (Å²) in [4.78, 5) is 15.8. The Hall–Kier alpha value is -2.07. The summed E-state index contributed by atoms with van der Waals surface area (Å²) in [5.74, 6) is -0.271. The van der Waals surface area contributed by atoms with Crippen molar-refractivity contribution in [3.63, 3.8) is 0 Å². The zero-order valence-electron chi connectivity index (χ0n) is 8.85. The molecule has 1 amide bonds. The van der Waals surface area contributed by atoms with Gasteiger partial charge in [0.05, 0.1) is 11.9 Å². The lowest BCUT2D eigenvalue weighted by atomic mass is 10.2. The average molecular weight is 248 g/mol. The molecule has 4 nitrogen and oxygen atoms in total. The van der Waals surface area contributed by atoms with Crippen molar-refractivity contribution in [3.05, 3.63) is 53.3 Å². The summed E-state index contributed by atoms with van der Waals surface area (Å²) < 4.78 is 0. The second kappa shape index (κ2) is 4.84. The number of amides is 1. The minimum absolute atomic E-state index is 0.271. The van der Waals surface area contributed by atoms with E-state index in [1.165, 1.54) is 0 Å². The first-order valence-electron chi connectivity index (χ1n) is 4.92. The van der Waals surface area contributed by atoms with Gasteiger partial charge < -0.3 is 11.1 Å². The smallest absolute Gasteiger partial charge is 0.255 e. The van der Waals surface area contributed by atoms with Crippen molar-refractivity contribution in [1.29, 1.82) is 0 Å². The number of aromatic nitrogens is 1. The molecule has 1 aromatic heterocycles. The van der Waals surface area contributed by atoms with Gasteiger partial charge in [0, 0.05) is 22.5 Å². The van der Waals surface area contributed by atoms with Gasteiger partial charge in [-0.3, -0.25) is 9.78 Å². The quantitative estimate of drug-likeness (QED) is 0.802. The topological polar surface area (TPSA) is 68.0 Å². The predicted molar refractivity (Wildman–Crippen MR) is 68.1 cm³/mol. The van der Waals surface area contributed by atoms with Gasteiger partial charge in [-0.25, -0.2) is 0 Å². The zero-order valence-corrected chi connectivity index (χ0v) is 9.61. The Morgan fingerprint density at radius 1 is 1.35 bits per heavy atom. The maximum atomic E-state index is 11.9. The van der Waals surface area contributed by atoms with E-state index >= 15 is 0 Å². The lowest BCUT2D eigenvalue weighted by Gasteiger charge is -2.05. The summed E-state index contributed by atoms with van der Waals surface area (Å²) in [6.45, 7) is 0. The van der Waals surface area contributed by atoms with Gasteiger partial charge in [-0.15, -0.1) is 0 Å². The Kier molecular flexibility index (Phi) is 3.25. The van der Waals surface area contributed by atoms with Crippen molar-refractivity contribution in [2.24, 2.45) is 0 Å². The first kappa shape index (κ1) is 11.4. The summed E-state index contributed by atoms with van der Waals surface area (Å²) in [7, 11) is 0. The van der Waals surface area contributed by atoms with E-state index in [0.29, 0.717) is 22.0 Å². The molecule has 2 rings (SSSR count). The molecule has 5 heteroatoms. The van der Waals surface area contributed by atoms with Crippen molar-refractivity contribution in [2.45, 2.75) is 0 Å². The van der Waals surface area contributed by atoms with Crippen LogP contribution in [0.4, 0.5) is 11.4 Å². The number of halogens is 1. The summed E-state index contributed by atoms with van der Waals surface area (Å²) in [6, 6.07) is 8.20. The molecule has 0 fully saturated rings. The lowest BCUT2D eigenvalue weighted by Crippen LogP contribution is -2.12. The Balaban J connectivity index is 2.20.